The molecule has 5 nitrogen and oxygen atoms in total. The molecule has 2 rings (SSSR count). The summed E-state index contributed by atoms with van der Waals surface area (Å²) in [6.45, 7) is 4.60. The summed E-state index contributed by atoms with van der Waals surface area (Å²) in [5.74, 6) is 0.0669. The number of amides is 1. The molecular weight excluding hydrogens is 314 g/mol. The number of methoxy groups -OCH3 is 1. The molecule has 1 amide bonds. The third-order valence-corrected chi connectivity index (χ3v) is 3.68. The van der Waals surface area contributed by atoms with Crippen LogP contribution in [0.2, 0.25) is 0 Å². The maximum Gasteiger partial charge on any atom is 0.267 e. The van der Waals surface area contributed by atoms with E-state index in [1.54, 1.807) is 24.4 Å². The Hall–Kier alpha value is -3.26. The number of benzene rings is 2. The van der Waals surface area contributed by atoms with Gasteiger partial charge in [0.1, 0.15) is 17.4 Å². The van der Waals surface area contributed by atoms with Crippen LogP contribution in [0.3, 0.4) is 0 Å². The fourth-order valence-electron chi connectivity index (χ4n) is 2.39. The van der Waals surface area contributed by atoms with Crippen molar-refractivity contribution in [3.05, 3.63) is 65.9 Å². The molecule has 0 heterocycles. The highest BCUT2D eigenvalue weighted by Gasteiger charge is 2.14. The zero-order valence-electron chi connectivity index (χ0n) is 14.6. The van der Waals surface area contributed by atoms with Crippen LogP contribution in [-0.2, 0) is 4.79 Å². The molecule has 2 aromatic carbocycles. The van der Waals surface area contributed by atoms with Gasteiger partial charge >= 0.3 is 0 Å². The Kier molecular flexibility index (Phi) is 6.19. The summed E-state index contributed by atoms with van der Waals surface area (Å²) in [6, 6.07) is 16.9. The van der Waals surface area contributed by atoms with Crippen molar-refractivity contribution >= 4 is 17.3 Å². The van der Waals surface area contributed by atoms with E-state index >= 15 is 0 Å². The first-order chi connectivity index (χ1) is 12.1. The van der Waals surface area contributed by atoms with Crippen LogP contribution < -0.4 is 15.0 Å². The van der Waals surface area contributed by atoms with Crippen LogP contribution in [0.1, 0.15) is 12.5 Å². The SMILES string of the molecule is CCN(/C=C(/C#N)C(=O)Nc1ccccc1OC)c1cccc(C)c1. The number of nitriles is 1. The second-order valence-electron chi connectivity index (χ2n) is 5.43. The smallest absolute Gasteiger partial charge is 0.267 e. The van der Waals surface area contributed by atoms with Gasteiger partial charge in [-0.2, -0.15) is 5.26 Å². The van der Waals surface area contributed by atoms with Gasteiger partial charge in [0, 0.05) is 18.4 Å². The summed E-state index contributed by atoms with van der Waals surface area (Å²) in [7, 11) is 1.53. The van der Waals surface area contributed by atoms with Crippen LogP contribution in [0, 0.1) is 18.3 Å². The number of carbonyl (C=O) groups excluding carboxylic acids is 1. The zero-order valence-corrected chi connectivity index (χ0v) is 14.6. The van der Waals surface area contributed by atoms with E-state index in [4.69, 9.17) is 4.74 Å². The number of nitrogens with zero attached hydrogens (tertiary/aromatic N) is 2. The van der Waals surface area contributed by atoms with Gasteiger partial charge in [-0.15, -0.1) is 0 Å². The van der Waals surface area contributed by atoms with Crippen molar-refractivity contribution in [3.63, 3.8) is 0 Å². The lowest BCUT2D eigenvalue weighted by molar-refractivity contribution is -0.112. The average molecular weight is 335 g/mol. The van der Waals surface area contributed by atoms with E-state index in [0.29, 0.717) is 18.0 Å². The molecule has 0 bridgehead atoms. The number of hydrogen-bond donors (Lipinski definition) is 1. The molecule has 0 aliphatic rings. The monoisotopic (exact) mass is 335 g/mol. The molecule has 1 N–H and O–H groups in total. The normalized spacial score (nSPS) is 10.7. The second-order valence-corrected chi connectivity index (χ2v) is 5.43. The molecule has 0 saturated carbocycles. The van der Waals surface area contributed by atoms with Gasteiger partial charge in [0.05, 0.1) is 12.8 Å². The van der Waals surface area contributed by atoms with Gasteiger partial charge in [0.2, 0.25) is 0 Å². The number of carbonyl (C=O) groups is 1. The molecule has 0 atom stereocenters. The summed E-state index contributed by atoms with van der Waals surface area (Å²) >= 11 is 0. The van der Waals surface area contributed by atoms with Gasteiger partial charge in [-0.1, -0.05) is 24.3 Å². The predicted octanol–water partition coefficient (Wildman–Crippen LogP) is 3.88. The Morgan fingerprint density at radius 2 is 2.04 bits per heavy atom. The molecule has 128 valence electrons. The number of ether oxygens (including phenoxy) is 1. The fraction of sp³-hybridized carbons (Fsp3) is 0.200. The standard InChI is InChI=1S/C20H21N3O2/c1-4-23(17-9-7-8-15(2)12-17)14-16(13-21)20(24)22-18-10-5-6-11-19(18)25-3/h5-12,14H,4H2,1-3H3,(H,22,24)/b16-14-. The van der Waals surface area contributed by atoms with E-state index in [0.717, 1.165) is 11.3 Å². The highest BCUT2D eigenvalue weighted by molar-refractivity contribution is 6.07. The van der Waals surface area contributed by atoms with E-state index in [1.807, 2.05) is 55.1 Å². The fourth-order valence-corrected chi connectivity index (χ4v) is 2.39. The molecule has 0 radical (unpaired) electrons. The lowest BCUT2D eigenvalue weighted by Gasteiger charge is -2.19. The summed E-state index contributed by atoms with van der Waals surface area (Å²) in [5, 5.41) is 12.1. The van der Waals surface area contributed by atoms with Gasteiger partial charge in [-0.05, 0) is 43.7 Å². The first-order valence-corrected chi connectivity index (χ1v) is 7.98. The number of nitrogens with one attached hydrogen (secondary N) is 1. The largest absolute Gasteiger partial charge is 0.495 e. The number of hydrogen-bond acceptors (Lipinski definition) is 4. The van der Waals surface area contributed by atoms with E-state index in [9.17, 15) is 10.1 Å². The molecule has 0 fully saturated rings. The summed E-state index contributed by atoms with van der Waals surface area (Å²) in [5.41, 5.74) is 2.59. The van der Waals surface area contributed by atoms with Crippen LogP contribution in [0.5, 0.6) is 5.75 Å². The Morgan fingerprint density at radius 3 is 2.68 bits per heavy atom. The lowest BCUT2D eigenvalue weighted by atomic mass is 10.2. The van der Waals surface area contributed by atoms with Crippen molar-refractivity contribution in [2.45, 2.75) is 13.8 Å². The second kappa shape index (κ2) is 8.55. The molecule has 25 heavy (non-hydrogen) atoms. The highest BCUT2D eigenvalue weighted by atomic mass is 16.5. The van der Waals surface area contributed by atoms with Crippen LogP contribution in [0.25, 0.3) is 0 Å². The molecular formula is C20H21N3O2. The van der Waals surface area contributed by atoms with Crippen molar-refractivity contribution in [1.29, 1.82) is 5.26 Å². The first kappa shape index (κ1) is 18.1. The van der Waals surface area contributed by atoms with Crippen LogP contribution in [0.15, 0.2) is 60.3 Å². The number of aryl methyl sites for hydroxylation is 1. The van der Waals surface area contributed by atoms with Crippen LogP contribution in [-0.4, -0.2) is 19.6 Å². The van der Waals surface area contributed by atoms with Crippen molar-refractivity contribution in [1.82, 2.24) is 0 Å². The third kappa shape index (κ3) is 4.61. The van der Waals surface area contributed by atoms with Gasteiger partial charge in [0.25, 0.3) is 5.91 Å². The molecule has 0 unspecified atom stereocenters. The predicted molar refractivity (Wildman–Crippen MR) is 99.5 cm³/mol. The number of para-hydroxylation sites is 2. The van der Waals surface area contributed by atoms with Crippen molar-refractivity contribution in [2.24, 2.45) is 0 Å². The highest BCUT2D eigenvalue weighted by Crippen LogP contribution is 2.24. The molecule has 0 saturated heterocycles. The van der Waals surface area contributed by atoms with E-state index in [1.165, 1.54) is 7.11 Å². The molecule has 0 spiro atoms. The zero-order chi connectivity index (χ0) is 18.2. The molecule has 5 heteroatoms. The number of rotatable bonds is 6. The summed E-state index contributed by atoms with van der Waals surface area (Å²) in [6.07, 6.45) is 1.57. The maximum atomic E-state index is 12.5. The summed E-state index contributed by atoms with van der Waals surface area (Å²) in [4.78, 5) is 14.3. The molecule has 0 aromatic heterocycles. The Balaban J connectivity index is 2.26. The summed E-state index contributed by atoms with van der Waals surface area (Å²) < 4.78 is 5.22. The van der Waals surface area contributed by atoms with Gasteiger partial charge in [-0.25, -0.2) is 0 Å². The number of anilines is 2. The third-order valence-electron chi connectivity index (χ3n) is 3.68. The lowest BCUT2D eigenvalue weighted by Crippen LogP contribution is -2.21. The van der Waals surface area contributed by atoms with E-state index in [2.05, 4.69) is 5.32 Å². The minimum absolute atomic E-state index is 0.0225. The first-order valence-electron chi connectivity index (χ1n) is 7.98. The van der Waals surface area contributed by atoms with Crippen molar-refractivity contribution < 1.29 is 9.53 Å². The van der Waals surface area contributed by atoms with E-state index < -0.39 is 5.91 Å². The molecule has 2 aromatic rings. The molecule has 0 aliphatic carbocycles. The van der Waals surface area contributed by atoms with Crippen molar-refractivity contribution in [2.75, 3.05) is 23.9 Å². The van der Waals surface area contributed by atoms with E-state index in [-0.39, 0.29) is 5.57 Å². The topological polar surface area (TPSA) is 65.4 Å². The minimum atomic E-state index is -0.474. The average Bonchev–Trinajstić information content (AvgIpc) is 2.63. The van der Waals surface area contributed by atoms with Gasteiger partial charge < -0.3 is 15.0 Å². The van der Waals surface area contributed by atoms with Crippen LogP contribution in [0.4, 0.5) is 11.4 Å². The Labute approximate surface area is 148 Å². The Morgan fingerprint density at radius 1 is 1.28 bits per heavy atom. The quantitative estimate of drug-likeness (QED) is 0.643. The van der Waals surface area contributed by atoms with Crippen molar-refractivity contribution in [3.8, 4) is 11.8 Å². The Bertz CT molecular complexity index is 822. The van der Waals surface area contributed by atoms with Crippen LogP contribution >= 0.6 is 0 Å². The molecule has 0 aliphatic heterocycles. The van der Waals surface area contributed by atoms with Gasteiger partial charge in [0.15, 0.2) is 0 Å². The maximum absolute atomic E-state index is 12.5. The van der Waals surface area contributed by atoms with Gasteiger partial charge in [-0.3, -0.25) is 4.79 Å². The minimum Gasteiger partial charge on any atom is -0.495 e.